The average molecular weight is 200 g/mol. The Hall–Kier alpha value is -0.660. The third kappa shape index (κ3) is 1.19. The van der Waals surface area contributed by atoms with Crippen molar-refractivity contribution in [1.82, 2.24) is 4.98 Å². The Labute approximate surface area is 80.7 Å². The maximum atomic E-state index is 5.96. The molecule has 0 fully saturated rings. The van der Waals surface area contributed by atoms with Crippen LogP contribution in [0.4, 0.5) is 0 Å². The van der Waals surface area contributed by atoms with Crippen LogP contribution < -0.4 is 0 Å². The lowest BCUT2D eigenvalue weighted by atomic mass is 10.2. The van der Waals surface area contributed by atoms with E-state index in [0.29, 0.717) is 10.0 Å². The van der Waals surface area contributed by atoms with Crippen molar-refractivity contribution in [2.24, 2.45) is 0 Å². The average Bonchev–Trinajstić information content (AvgIpc) is 2.64. The summed E-state index contributed by atoms with van der Waals surface area (Å²) < 4.78 is 0. The van der Waals surface area contributed by atoms with Crippen LogP contribution in [0.5, 0.6) is 0 Å². The molecule has 1 aliphatic carbocycles. The second kappa shape index (κ2) is 3.00. The summed E-state index contributed by atoms with van der Waals surface area (Å²) in [5, 5.41) is 1.20. The summed E-state index contributed by atoms with van der Waals surface area (Å²) in [5.74, 6) is 0. The van der Waals surface area contributed by atoms with Crippen molar-refractivity contribution in [3.8, 4) is 0 Å². The minimum absolute atomic E-state index is 0.583. The lowest BCUT2D eigenvalue weighted by Gasteiger charge is -1.97. The smallest absolute Gasteiger partial charge is 0.0844 e. The molecule has 0 saturated carbocycles. The molecule has 0 aromatic carbocycles. The van der Waals surface area contributed by atoms with Gasteiger partial charge in [0.1, 0.15) is 0 Å². The Morgan fingerprint density at radius 2 is 2.17 bits per heavy atom. The van der Waals surface area contributed by atoms with E-state index in [-0.39, 0.29) is 0 Å². The van der Waals surface area contributed by atoms with Crippen molar-refractivity contribution in [2.45, 2.75) is 6.42 Å². The molecule has 3 heteroatoms. The summed E-state index contributed by atoms with van der Waals surface area (Å²) in [5.41, 5.74) is 2.12. The second-order valence-corrected chi connectivity index (χ2v) is 3.43. The van der Waals surface area contributed by atoms with Crippen molar-refractivity contribution >= 4 is 28.8 Å². The molecule has 0 spiro atoms. The molecule has 0 aliphatic heterocycles. The van der Waals surface area contributed by atoms with Gasteiger partial charge in [0.2, 0.25) is 0 Å². The van der Waals surface area contributed by atoms with Crippen LogP contribution in [0, 0.1) is 0 Å². The molecule has 0 atom stereocenters. The number of halogens is 2. The van der Waals surface area contributed by atoms with E-state index in [4.69, 9.17) is 23.2 Å². The molecule has 1 heterocycles. The highest BCUT2D eigenvalue weighted by Gasteiger charge is 2.11. The van der Waals surface area contributed by atoms with Gasteiger partial charge in [-0.1, -0.05) is 41.4 Å². The van der Waals surface area contributed by atoms with Crippen LogP contribution in [0.15, 0.2) is 24.4 Å². The number of hydrogen-bond acceptors (Lipinski definition) is 0. The van der Waals surface area contributed by atoms with Gasteiger partial charge in [0.25, 0.3) is 0 Å². The Morgan fingerprint density at radius 1 is 1.33 bits per heavy atom. The van der Waals surface area contributed by atoms with Gasteiger partial charge in [-0.15, -0.1) is 0 Å². The van der Waals surface area contributed by atoms with E-state index in [0.717, 1.165) is 12.1 Å². The number of hydrogen-bond donors (Lipinski definition) is 1. The van der Waals surface area contributed by atoms with Crippen LogP contribution in [0.2, 0.25) is 10.0 Å². The Balaban J connectivity index is 2.41. The van der Waals surface area contributed by atoms with E-state index in [1.54, 1.807) is 6.20 Å². The zero-order valence-corrected chi connectivity index (χ0v) is 7.78. The zero-order chi connectivity index (χ0) is 8.55. The maximum Gasteiger partial charge on any atom is 0.0844 e. The van der Waals surface area contributed by atoms with Gasteiger partial charge in [-0.25, -0.2) is 0 Å². The molecule has 12 heavy (non-hydrogen) atoms. The molecule has 0 unspecified atom stereocenters. The zero-order valence-electron chi connectivity index (χ0n) is 6.27. The summed E-state index contributed by atoms with van der Waals surface area (Å²) in [6.45, 7) is 0. The number of H-pyrrole nitrogens is 1. The summed E-state index contributed by atoms with van der Waals surface area (Å²) in [7, 11) is 0. The maximum absolute atomic E-state index is 5.96. The van der Waals surface area contributed by atoms with E-state index in [2.05, 4.69) is 11.1 Å². The Morgan fingerprint density at radius 3 is 2.67 bits per heavy atom. The highest BCUT2D eigenvalue weighted by molar-refractivity contribution is 6.43. The minimum atomic E-state index is 0.583. The fourth-order valence-corrected chi connectivity index (χ4v) is 1.63. The van der Waals surface area contributed by atoms with Gasteiger partial charge in [0, 0.05) is 6.20 Å². The van der Waals surface area contributed by atoms with Gasteiger partial charge in [0.05, 0.1) is 15.7 Å². The molecule has 1 aromatic rings. The molecule has 0 radical (unpaired) electrons. The predicted octanol–water partition coefficient (Wildman–Crippen LogP) is 3.66. The van der Waals surface area contributed by atoms with Gasteiger partial charge in [-0.3, -0.25) is 0 Å². The molecule has 0 amide bonds. The molecule has 1 N–H and O–H groups in total. The Bertz CT molecular complexity index is 361. The largest absolute Gasteiger partial charge is 0.359 e. The van der Waals surface area contributed by atoms with Crippen molar-refractivity contribution in [2.75, 3.05) is 0 Å². The molecule has 0 bridgehead atoms. The first-order valence-corrected chi connectivity index (χ1v) is 4.43. The second-order valence-electron chi connectivity index (χ2n) is 2.65. The fraction of sp³-hybridized carbons (Fsp3) is 0.111. The normalized spacial score (nSPS) is 15.3. The summed E-state index contributed by atoms with van der Waals surface area (Å²) >= 11 is 11.8. The standard InChI is InChI=1S/C9H7Cl2N/c10-7-5-12-9(8(7)11)6-3-1-2-4-6/h1-3,5,12H,4H2. The molecular weight excluding hydrogens is 193 g/mol. The quantitative estimate of drug-likeness (QED) is 0.711. The fourth-order valence-electron chi connectivity index (χ4n) is 1.25. The molecule has 1 aliphatic rings. The van der Waals surface area contributed by atoms with E-state index in [9.17, 15) is 0 Å². The SMILES string of the molecule is Clc1c[nH]c(C2=CC=CC2)c1Cl. The number of aromatic amines is 1. The molecular formula is C9H7Cl2N. The van der Waals surface area contributed by atoms with Gasteiger partial charge >= 0.3 is 0 Å². The van der Waals surface area contributed by atoms with E-state index in [1.807, 2.05) is 12.2 Å². The number of aromatic nitrogens is 1. The third-order valence-electron chi connectivity index (χ3n) is 1.86. The lowest BCUT2D eigenvalue weighted by molar-refractivity contribution is 1.30. The Kier molecular flexibility index (Phi) is 1.99. The molecule has 0 saturated heterocycles. The first-order valence-electron chi connectivity index (χ1n) is 3.67. The summed E-state index contributed by atoms with van der Waals surface area (Å²) in [4.78, 5) is 3.04. The topological polar surface area (TPSA) is 15.8 Å². The van der Waals surface area contributed by atoms with Crippen LogP contribution in [0.3, 0.4) is 0 Å². The summed E-state index contributed by atoms with van der Waals surface area (Å²) in [6, 6.07) is 0. The highest BCUT2D eigenvalue weighted by atomic mass is 35.5. The van der Waals surface area contributed by atoms with Crippen LogP contribution in [0.25, 0.3) is 5.57 Å². The summed E-state index contributed by atoms with van der Waals surface area (Å²) in [6.07, 6.45) is 8.77. The first-order chi connectivity index (χ1) is 5.79. The van der Waals surface area contributed by atoms with Crippen molar-refractivity contribution < 1.29 is 0 Å². The van der Waals surface area contributed by atoms with Gasteiger partial charge in [-0.2, -0.15) is 0 Å². The minimum Gasteiger partial charge on any atom is -0.359 e. The molecule has 1 aromatic heterocycles. The van der Waals surface area contributed by atoms with Crippen LogP contribution >= 0.6 is 23.2 Å². The van der Waals surface area contributed by atoms with Gasteiger partial charge < -0.3 is 4.98 Å². The van der Waals surface area contributed by atoms with E-state index < -0.39 is 0 Å². The molecule has 1 nitrogen and oxygen atoms in total. The number of nitrogens with one attached hydrogen (secondary N) is 1. The van der Waals surface area contributed by atoms with Crippen LogP contribution in [0.1, 0.15) is 12.1 Å². The third-order valence-corrected chi connectivity index (χ3v) is 2.65. The van der Waals surface area contributed by atoms with Gasteiger partial charge in [-0.05, 0) is 12.0 Å². The monoisotopic (exact) mass is 199 g/mol. The first kappa shape index (κ1) is 7.96. The molecule has 2 rings (SSSR count). The van der Waals surface area contributed by atoms with E-state index in [1.165, 1.54) is 5.57 Å². The lowest BCUT2D eigenvalue weighted by Crippen LogP contribution is -1.80. The van der Waals surface area contributed by atoms with Crippen molar-refractivity contribution in [1.29, 1.82) is 0 Å². The van der Waals surface area contributed by atoms with Crippen molar-refractivity contribution in [3.05, 3.63) is 40.2 Å². The van der Waals surface area contributed by atoms with E-state index >= 15 is 0 Å². The van der Waals surface area contributed by atoms with Crippen LogP contribution in [-0.2, 0) is 0 Å². The van der Waals surface area contributed by atoms with Crippen molar-refractivity contribution in [3.63, 3.8) is 0 Å². The van der Waals surface area contributed by atoms with Crippen LogP contribution in [-0.4, -0.2) is 4.98 Å². The van der Waals surface area contributed by atoms with Gasteiger partial charge in [0.15, 0.2) is 0 Å². The predicted molar refractivity (Wildman–Crippen MR) is 52.5 cm³/mol. The molecule has 62 valence electrons. The number of allylic oxidation sites excluding steroid dienone is 4. The highest BCUT2D eigenvalue weighted by Crippen LogP contribution is 2.33. The number of rotatable bonds is 1.